The second-order valence-corrected chi connectivity index (χ2v) is 12.6. The molecule has 30 heavy (non-hydrogen) atoms. The molecule has 1 aromatic carbocycles. The topological polar surface area (TPSA) is 95.1 Å². The lowest BCUT2D eigenvalue weighted by Crippen LogP contribution is -2.54. The number of sulfone groups is 1. The first-order chi connectivity index (χ1) is 14.1. The minimum atomic E-state index is -3.49. The van der Waals surface area contributed by atoms with E-state index in [4.69, 9.17) is 0 Å². The van der Waals surface area contributed by atoms with E-state index < -0.39 is 25.3 Å². The lowest BCUT2D eigenvalue weighted by atomic mass is 10.2. The first-order valence-electron chi connectivity index (χ1n) is 10.5. The van der Waals surface area contributed by atoms with E-state index in [2.05, 4.69) is 0 Å². The van der Waals surface area contributed by atoms with Crippen LogP contribution in [-0.4, -0.2) is 80.8 Å². The van der Waals surface area contributed by atoms with Crippen LogP contribution in [-0.2, 0) is 20.0 Å². The molecule has 0 radical (unpaired) electrons. The second-order valence-electron chi connectivity index (χ2n) is 8.13. The van der Waals surface area contributed by atoms with Crippen LogP contribution in [0.3, 0.4) is 0 Å². The number of carbonyl (C=O) groups excluding carboxylic acids is 1. The summed E-state index contributed by atoms with van der Waals surface area (Å²) in [7, 11) is -6.87. The molecule has 0 atom stereocenters. The fraction of sp³-hybridized carbons (Fsp3) is 0.650. The molecule has 3 rings (SSSR count). The number of carbonyl (C=O) groups is 1. The van der Waals surface area contributed by atoms with Gasteiger partial charge in [-0.2, -0.15) is 17.0 Å². The van der Waals surface area contributed by atoms with Gasteiger partial charge in [-0.25, -0.2) is 8.42 Å². The molecule has 10 heteroatoms. The predicted molar refractivity (Wildman–Crippen MR) is 115 cm³/mol. The molecule has 2 aliphatic heterocycles. The zero-order chi connectivity index (χ0) is 21.9. The monoisotopic (exact) mass is 457 g/mol. The Kier molecular flexibility index (Phi) is 7.21. The standard InChI is InChI=1S/C20H31N3O5S2/c1-17(2)29(25,26)19-9-7-18(8-10-19)20(24)21-13-15-23(16-14-21)30(27,28)22-11-5-3-4-6-12-22/h7-10,17H,3-6,11-16H2,1-2H3. The van der Waals surface area contributed by atoms with Gasteiger partial charge in [0.1, 0.15) is 0 Å². The fourth-order valence-corrected chi connectivity index (χ4v) is 6.53. The summed E-state index contributed by atoms with van der Waals surface area (Å²) in [4.78, 5) is 14.6. The van der Waals surface area contributed by atoms with Crippen molar-refractivity contribution in [2.24, 2.45) is 0 Å². The highest BCUT2D eigenvalue weighted by Gasteiger charge is 2.33. The number of hydrogen-bond acceptors (Lipinski definition) is 5. The van der Waals surface area contributed by atoms with Gasteiger partial charge >= 0.3 is 0 Å². The van der Waals surface area contributed by atoms with Crippen LogP contribution >= 0.6 is 0 Å². The number of benzene rings is 1. The Morgan fingerprint density at radius 2 is 1.27 bits per heavy atom. The van der Waals surface area contributed by atoms with Crippen LogP contribution in [0, 0.1) is 0 Å². The Bertz CT molecular complexity index is 943. The van der Waals surface area contributed by atoms with Gasteiger partial charge in [0, 0.05) is 44.8 Å². The molecule has 168 valence electrons. The average molecular weight is 458 g/mol. The third-order valence-corrected chi connectivity index (χ3v) is 10.00. The Morgan fingerprint density at radius 3 is 1.77 bits per heavy atom. The maximum Gasteiger partial charge on any atom is 0.282 e. The van der Waals surface area contributed by atoms with Crippen molar-refractivity contribution in [2.75, 3.05) is 39.3 Å². The van der Waals surface area contributed by atoms with Crippen molar-refractivity contribution in [1.29, 1.82) is 0 Å². The van der Waals surface area contributed by atoms with Crippen LogP contribution < -0.4 is 0 Å². The summed E-state index contributed by atoms with van der Waals surface area (Å²) in [6.07, 6.45) is 3.90. The molecule has 0 bridgehead atoms. The van der Waals surface area contributed by atoms with Gasteiger partial charge in [-0.05, 0) is 51.0 Å². The summed E-state index contributed by atoms with van der Waals surface area (Å²) >= 11 is 0. The van der Waals surface area contributed by atoms with Crippen LogP contribution in [0.15, 0.2) is 29.2 Å². The van der Waals surface area contributed by atoms with E-state index in [1.165, 1.54) is 28.6 Å². The molecule has 2 saturated heterocycles. The first kappa shape index (κ1) is 23.2. The first-order valence-corrected chi connectivity index (χ1v) is 13.5. The molecule has 2 aliphatic rings. The Balaban J connectivity index is 1.62. The molecule has 8 nitrogen and oxygen atoms in total. The van der Waals surface area contributed by atoms with Crippen LogP contribution in [0.25, 0.3) is 0 Å². The van der Waals surface area contributed by atoms with E-state index in [1.54, 1.807) is 23.1 Å². The van der Waals surface area contributed by atoms with Crippen molar-refractivity contribution >= 4 is 26.0 Å². The smallest absolute Gasteiger partial charge is 0.282 e. The number of rotatable bonds is 5. The van der Waals surface area contributed by atoms with Gasteiger partial charge in [-0.15, -0.1) is 0 Å². The van der Waals surface area contributed by atoms with Gasteiger partial charge in [-0.3, -0.25) is 4.79 Å². The number of nitrogens with zero attached hydrogens (tertiary/aromatic N) is 3. The zero-order valence-electron chi connectivity index (χ0n) is 17.7. The molecule has 0 saturated carbocycles. The Morgan fingerprint density at radius 1 is 0.767 bits per heavy atom. The maximum absolute atomic E-state index is 12.9. The Hall–Kier alpha value is -1.49. The highest BCUT2D eigenvalue weighted by molar-refractivity contribution is 7.92. The lowest BCUT2D eigenvalue weighted by Gasteiger charge is -2.36. The van der Waals surface area contributed by atoms with E-state index >= 15 is 0 Å². The van der Waals surface area contributed by atoms with E-state index in [0.29, 0.717) is 31.7 Å². The van der Waals surface area contributed by atoms with Crippen molar-refractivity contribution in [3.63, 3.8) is 0 Å². The van der Waals surface area contributed by atoms with Gasteiger partial charge in [0.25, 0.3) is 16.1 Å². The van der Waals surface area contributed by atoms with Gasteiger partial charge in [0.15, 0.2) is 9.84 Å². The maximum atomic E-state index is 12.9. The normalized spacial score (nSPS) is 20.3. The quantitative estimate of drug-likeness (QED) is 0.671. The van der Waals surface area contributed by atoms with E-state index in [0.717, 1.165) is 25.7 Å². The van der Waals surface area contributed by atoms with Crippen LogP contribution in [0.5, 0.6) is 0 Å². The molecule has 0 aliphatic carbocycles. The number of amides is 1. The predicted octanol–water partition coefficient (Wildman–Crippen LogP) is 1.75. The summed E-state index contributed by atoms with van der Waals surface area (Å²) in [5, 5.41) is -0.529. The minimum absolute atomic E-state index is 0.197. The van der Waals surface area contributed by atoms with Crippen LogP contribution in [0.4, 0.5) is 0 Å². The van der Waals surface area contributed by atoms with Crippen molar-refractivity contribution in [3.05, 3.63) is 29.8 Å². The molecule has 0 spiro atoms. The van der Waals surface area contributed by atoms with Gasteiger partial charge < -0.3 is 4.90 Å². The zero-order valence-corrected chi connectivity index (χ0v) is 19.3. The van der Waals surface area contributed by atoms with Crippen LogP contribution in [0.1, 0.15) is 49.9 Å². The van der Waals surface area contributed by atoms with Gasteiger partial charge in [0.05, 0.1) is 10.1 Å². The molecule has 0 unspecified atom stereocenters. The average Bonchev–Trinajstić information content (AvgIpc) is 3.03. The summed E-state index contributed by atoms with van der Waals surface area (Å²) in [6, 6.07) is 5.97. The van der Waals surface area contributed by atoms with E-state index in [9.17, 15) is 21.6 Å². The summed E-state index contributed by atoms with van der Waals surface area (Å²) in [5.41, 5.74) is 0.404. The molecule has 2 fully saturated rings. The molecule has 1 aromatic rings. The van der Waals surface area contributed by atoms with Crippen LogP contribution in [0.2, 0.25) is 0 Å². The Labute approximate surface area is 179 Å². The largest absolute Gasteiger partial charge is 0.336 e. The van der Waals surface area contributed by atoms with Gasteiger partial charge in [0.2, 0.25) is 0 Å². The lowest BCUT2D eigenvalue weighted by molar-refractivity contribution is 0.0694. The highest BCUT2D eigenvalue weighted by atomic mass is 32.2. The van der Waals surface area contributed by atoms with Crippen molar-refractivity contribution in [1.82, 2.24) is 13.5 Å². The molecular formula is C20H31N3O5S2. The van der Waals surface area contributed by atoms with Crippen molar-refractivity contribution < 1.29 is 21.6 Å². The SMILES string of the molecule is CC(C)S(=O)(=O)c1ccc(C(=O)N2CCN(S(=O)(=O)N3CCCCCC3)CC2)cc1. The van der Waals surface area contributed by atoms with Crippen molar-refractivity contribution in [3.8, 4) is 0 Å². The van der Waals surface area contributed by atoms with E-state index in [1.807, 2.05) is 0 Å². The third kappa shape index (κ3) is 4.87. The molecule has 1 amide bonds. The fourth-order valence-electron chi connectivity index (χ4n) is 3.80. The molecule has 0 N–H and O–H groups in total. The molecule has 0 aromatic heterocycles. The number of piperazine rings is 1. The van der Waals surface area contributed by atoms with E-state index in [-0.39, 0.29) is 23.9 Å². The summed E-state index contributed by atoms with van der Waals surface area (Å²) in [6.45, 7) is 5.53. The second kappa shape index (κ2) is 9.33. The van der Waals surface area contributed by atoms with Crippen molar-refractivity contribution in [2.45, 2.75) is 49.7 Å². The highest BCUT2D eigenvalue weighted by Crippen LogP contribution is 2.20. The third-order valence-electron chi connectivity index (χ3n) is 5.79. The molecule has 2 heterocycles. The number of hydrogen-bond donors (Lipinski definition) is 0. The molecular weight excluding hydrogens is 426 g/mol. The van der Waals surface area contributed by atoms with Gasteiger partial charge in [-0.1, -0.05) is 12.8 Å². The summed E-state index contributed by atoms with van der Waals surface area (Å²) < 4.78 is 53.4. The summed E-state index contributed by atoms with van der Waals surface area (Å²) in [5.74, 6) is -0.213. The minimum Gasteiger partial charge on any atom is -0.336 e.